The van der Waals surface area contributed by atoms with E-state index in [4.69, 9.17) is 5.10 Å². The van der Waals surface area contributed by atoms with Gasteiger partial charge in [-0.1, -0.05) is 18.2 Å². The van der Waals surface area contributed by atoms with E-state index in [0.717, 1.165) is 56.2 Å². The number of nitrogens with zero attached hydrogens (tertiary/aromatic N) is 4. The summed E-state index contributed by atoms with van der Waals surface area (Å²) in [5, 5.41) is 14.3. The monoisotopic (exact) mass is 607 g/mol. The summed E-state index contributed by atoms with van der Waals surface area (Å²) >= 11 is 0. The molecule has 4 amide bonds. The molecule has 1 unspecified atom stereocenters. The number of amides is 4. The van der Waals surface area contributed by atoms with Crippen molar-refractivity contribution in [3.05, 3.63) is 65.5 Å². The van der Waals surface area contributed by atoms with E-state index in [1.54, 1.807) is 12.1 Å². The summed E-state index contributed by atoms with van der Waals surface area (Å²) in [5.74, 6) is -0.948. The quantitative estimate of drug-likeness (QED) is 0.333. The third-order valence-electron chi connectivity index (χ3n) is 10.00. The normalized spacial score (nSPS) is 24.8. The molecule has 0 radical (unpaired) electrons. The predicted octanol–water partition coefficient (Wildman–Crippen LogP) is 3.30. The standard InChI is InChI=1S/C34H37N7O4/c42-30-10-9-29(32(43)37-30)41-33(44)25-8-7-22(17-26(25)34(41)45)36-18-20-15-23(16-20)40-19-27(31(38-40)21-5-6-21)24-3-1-2-4-28(24)39-13-11-35-12-14-39/h1-4,7-8,17,19-21,23,29,35-36H,5-6,9-16,18H2,(H,37,42,43)/t20-,23-,29?. The van der Waals surface area contributed by atoms with E-state index in [9.17, 15) is 19.2 Å². The summed E-state index contributed by atoms with van der Waals surface area (Å²) in [6, 6.07) is 13.3. The molecule has 0 spiro atoms. The third-order valence-corrected chi connectivity index (χ3v) is 10.00. The maximum Gasteiger partial charge on any atom is 0.262 e. The van der Waals surface area contributed by atoms with Crippen LogP contribution in [0, 0.1) is 5.92 Å². The molecular formula is C34H37N7O4. The summed E-state index contributed by atoms with van der Waals surface area (Å²) in [6.45, 7) is 4.77. The number of hydrogen-bond donors (Lipinski definition) is 3. The van der Waals surface area contributed by atoms with Crippen molar-refractivity contribution in [2.75, 3.05) is 42.9 Å². The van der Waals surface area contributed by atoms with Crippen molar-refractivity contribution in [3.8, 4) is 11.1 Å². The number of hydrogen-bond acceptors (Lipinski definition) is 8. The first-order valence-corrected chi connectivity index (χ1v) is 16.2. The largest absolute Gasteiger partial charge is 0.385 e. The molecule has 232 valence electrons. The van der Waals surface area contributed by atoms with Crippen molar-refractivity contribution in [2.45, 2.75) is 56.5 Å². The number of carbonyl (C=O) groups excluding carboxylic acids is 4. The number of carbonyl (C=O) groups is 4. The molecule has 2 aliphatic carbocycles. The Morgan fingerprint density at radius 3 is 2.42 bits per heavy atom. The molecule has 0 bridgehead atoms. The highest BCUT2D eigenvalue weighted by Gasteiger charge is 2.44. The number of para-hydroxylation sites is 1. The Labute approximate surface area is 261 Å². The summed E-state index contributed by atoms with van der Waals surface area (Å²) in [7, 11) is 0. The summed E-state index contributed by atoms with van der Waals surface area (Å²) in [5.41, 5.74) is 6.44. The number of aromatic nitrogens is 2. The third kappa shape index (κ3) is 5.08. The number of piperazine rings is 1. The van der Waals surface area contributed by atoms with Crippen molar-refractivity contribution in [2.24, 2.45) is 5.92 Å². The maximum absolute atomic E-state index is 13.2. The van der Waals surface area contributed by atoms with E-state index >= 15 is 0 Å². The molecule has 3 aromatic rings. The Morgan fingerprint density at radius 1 is 0.867 bits per heavy atom. The highest BCUT2D eigenvalue weighted by Crippen LogP contribution is 2.47. The number of imide groups is 2. The van der Waals surface area contributed by atoms with Gasteiger partial charge in [0, 0.05) is 73.8 Å². The highest BCUT2D eigenvalue weighted by molar-refractivity contribution is 6.23. The topological polar surface area (TPSA) is 129 Å². The number of nitrogens with one attached hydrogen (secondary N) is 3. The van der Waals surface area contributed by atoms with Gasteiger partial charge >= 0.3 is 0 Å². The number of fused-ring (bicyclic) bond motifs is 1. The molecule has 3 N–H and O–H groups in total. The number of anilines is 2. The van der Waals surface area contributed by atoms with E-state index in [1.165, 1.54) is 35.3 Å². The van der Waals surface area contributed by atoms with Gasteiger partial charge in [-0.25, -0.2) is 0 Å². The van der Waals surface area contributed by atoms with Crippen LogP contribution < -0.4 is 20.9 Å². The second-order valence-corrected chi connectivity index (χ2v) is 13.0. The van der Waals surface area contributed by atoms with Crippen LogP contribution >= 0.6 is 0 Å². The van der Waals surface area contributed by atoms with Crippen LogP contribution in [0.3, 0.4) is 0 Å². The molecule has 5 aliphatic rings. The van der Waals surface area contributed by atoms with Crippen molar-refractivity contribution in [1.29, 1.82) is 0 Å². The molecular weight excluding hydrogens is 570 g/mol. The van der Waals surface area contributed by atoms with Gasteiger partial charge < -0.3 is 15.5 Å². The Balaban J connectivity index is 0.924. The second kappa shape index (κ2) is 11.1. The average Bonchev–Trinajstić information content (AvgIpc) is 3.74. The number of piperidine rings is 1. The van der Waals surface area contributed by atoms with Gasteiger partial charge in [-0.3, -0.25) is 34.1 Å². The predicted molar refractivity (Wildman–Crippen MR) is 168 cm³/mol. The zero-order chi connectivity index (χ0) is 30.7. The molecule has 11 nitrogen and oxygen atoms in total. The first-order chi connectivity index (χ1) is 21.9. The fraction of sp³-hybridized carbons (Fsp3) is 0.441. The van der Waals surface area contributed by atoms with Crippen molar-refractivity contribution >= 4 is 35.0 Å². The SMILES string of the molecule is O=C1CCC(N2C(=O)c3ccc(NC[C@H]4C[C@H](n5cc(-c6ccccc6N6CCNCC6)c(C6CC6)n5)C4)cc3C2=O)C(=O)N1. The summed E-state index contributed by atoms with van der Waals surface area (Å²) in [6.07, 6.45) is 6.97. The average molecular weight is 608 g/mol. The molecule has 3 aliphatic heterocycles. The van der Waals surface area contributed by atoms with Gasteiger partial charge in [-0.05, 0) is 62.3 Å². The Kier molecular flexibility index (Phi) is 6.93. The Hall–Kier alpha value is -4.51. The van der Waals surface area contributed by atoms with Crippen LogP contribution in [0.1, 0.15) is 76.9 Å². The van der Waals surface area contributed by atoms with Crippen LogP contribution in [-0.2, 0) is 9.59 Å². The molecule has 2 saturated carbocycles. The second-order valence-electron chi connectivity index (χ2n) is 13.0. The van der Waals surface area contributed by atoms with Crippen LogP contribution in [0.2, 0.25) is 0 Å². The van der Waals surface area contributed by atoms with Crippen molar-refractivity contribution in [1.82, 2.24) is 25.3 Å². The Morgan fingerprint density at radius 2 is 1.64 bits per heavy atom. The van der Waals surface area contributed by atoms with E-state index in [1.807, 2.05) is 6.07 Å². The fourth-order valence-electron chi connectivity index (χ4n) is 7.27. The smallest absolute Gasteiger partial charge is 0.262 e. The molecule has 11 heteroatoms. The van der Waals surface area contributed by atoms with Crippen LogP contribution in [0.25, 0.3) is 11.1 Å². The molecule has 1 atom stereocenters. The van der Waals surface area contributed by atoms with E-state index in [-0.39, 0.29) is 18.7 Å². The van der Waals surface area contributed by atoms with E-state index < -0.39 is 23.8 Å². The van der Waals surface area contributed by atoms with Crippen LogP contribution in [0.4, 0.5) is 11.4 Å². The summed E-state index contributed by atoms with van der Waals surface area (Å²) in [4.78, 5) is 53.6. The van der Waals surface area contributed by atoms with E-state index in [2.05, 4.69) is 56.0 Å². The fourth-order valence-corrected chi connectivity index (χ4v) is 7.27. The number of benzene rings is 2. The molecule has 8 rings (SSSR count). The lowest BCUT2D eigenvalue weighted by atomic mass is 9.80. The molecule has 4 heterocycles. The lowest BCUT2D eigenvalue weighted by Gasteiger charge is -2.35. The van der Waals surface area contributed by atoms with Crippen molar-refractivity contribution in [3.63, 3.8) is 0 Å². The first-order valence-electron chi connectivity index (χ1n) is 16.2. The minimum Gasteiger partial charge on any atom is -0.385 e. The van der Waals surface area contributed by atoms with Gasteiger partial charge in [0.25, 0.3) is 11.8 Å². The van der Waals surface area contributed by atoms with E-state index in [0.29, 0.717) is 29.0 Å². The molecule has 2 aromatic carbocycles. The molecule has 4 fully saturated rings. The van der Waals surface area contributed by atoms with Gasteiger partial charge in [-0.15, -0.1) is 0 Å². The highest BCUT2D eigenvalue weighted by atomic mass is 16.2. The molecule has 45 heavy (non-hydrogen) atoms. The molecule has 2 saturated heterocycles. The zero-order valence-electron chi connectivity index (χ0n) is 25.1. The van der Waals surface area contributed by atoms with Crippen LogP contribution in [0.15, 0.2) is 48.7 Å². The molecule has 1 aromatic heterocycles. The van der Waals surface area contributed by atoms with Crippen LogP contribution in [-0.4, -0.2) is 77.1 Å². The minimum absolute atomic E-state index is 0.102. The van der Waals surface area contributed by atoms with Crippen LogP contribution in [0.5, 0.6) is 0 Å². The Bertz CT molecular complexity index is 1700. The first kappa shape index (κ1) is 28.0. The zero-order valence-corrected chi connectivity index (χ0v) is 25.1. The van der Waals surface area contributed by atoms with Gasteiger partial charge in [0.05, 0.1) is 22.9 Å². The van der Waals surface area contributed by atoms with Crippen molar-refractivity contribution < 1.29 is 19.2 Å². The lowest BCUT2D eigenvalue weighted by molar-refractivity contribution is -0.136. The van der Waals surface area contributed by atoms with Gasteiger partial charge in [0.15, 0.2) is 0 Å². The number of rotatable bonds is 8. The van der Waals surface area contributed by atoms with Gasteiger partial charge in [0.1, 0.15) is 6.04 Å². The lowest BCUT2D eigenvalue weighted by Crippen LogP contribution is -2.54. The minimum atomic E-state index is -0.961. The van der Waals surface area contributed by atoms with Gasteiger partial charge in [-0.2, -0.15) is 5.10 Å². The summed E-state index contributed by atoms with van der Waals surface area (Å²) < 4.78 is 2.21. The maximum atomic E-state index is 13.2. The van der Waals surface area contributed by atoms with Gasteiger partial charge in [0.2, 0.25) is 11.8 Å².